The number of ether oxygens (including phenoxy) is 1. The molecule has 1 nitrogen and oxygen atoms in total. The summed E-state index contributed by atoms with van der Waals surface area (Å²) in [5.74, 6) is 1.18. The fourth-order valence-corrected chi connectivity index (χ4v) is 2.36. The van der Waals surface area contributed by atoms with E-state index in [9.17, 15) is 0 Å². The van der Waals surface area contributed by atoms with Gasteiger partial charge in [-0.05, 0) is 24.5 Å². The smallest absolute Gasteiger partial charge is 0.0867 e. The minimum absolute atomic E-state index is 0.216. The second-order valence-electron chi connectivity index (χ2n) is 3.85. The number of aryl methyl sites for hydroxylation is 1. The standard InChI is InChI=1S/C12H15ClO/c1-9-4-2-3-5-11(9)12-10(8-13)6-7-14-12/h2-5,10,12H,6-8H2,1H3. The molecule has 0 N–H and O–H groups in total. The first-order valence-electron chi connectivity index (χ1n) is 5.06. The van der Waals surface area contributed by atoms with Crippen LogP contribution in [0.4, 0.5) is 0 Å². The van der Waals surface area contributed by atoms with E-state index in [4.69, 9.17) is 16.3 Å². The van der Waals surface area contributed by atoms with Gasteiger partial charge in [0.2, 0.25) is 0 Å². The maximum Gasteiger partial charge on any atom is 0.0867 e. The Bertz CT molecular complexity index is 311. The van der Waals surface area contributed by atoms with Crippen molar-refractivity contribution in [3.63, 3.8) is 0 Å². The Labute approximate surface area is 90.0 Å². The number of rotatable bonds is 2. The van der Waals surface area contributed by atoms with Gasteiger partial charge in [-0.1, -0.05) is 24.3 Å². The normalized spacial score (nSPS) is 26.7. The summed E-state index contributed by atoms with van der Waals surface area (Å²) in [7, 11) is 0. The largest absolute Gasteiger partial charge is 0.373 e. The molecule has 14 heavy (non-hydrogen) atoms. The van der Waals surface area contributed by atoms with Crippen LogP contribution in [0.2, 0.25) is 0 Å². The van der Waals surface area contributed by atoms with Crippen LogP contribution in [-0.2, 0) is 4.74 Å². The molecule has 1 fully saturated rings. The Morgan fingerprint density at radius 1 is 1.43 bits per heavy atom. The lowest BCUT2D eigenvalue weighted by atomic mass is 9.94. The summed E-state index contributed by atoms with van der Waals surface area (Å²) in [6.45, 7) is 2.97. The zero-order chi connectivity index (χ0) is 9.97. The minimum atomic E-state index is 0.216. The average Bonchev–Trinajstić information content (AvgIpc) is 2.66. The van der Waals surface area contributed by atoms with Gasteiger partial charge in [0.25, 0.3) is 0 Å². The SMILES string of the molecule is Cc1ccccc1C1OCCC1CCl. The molecule has 0 saturated carbocycles. The van der Waals surface area contributed by atoms with Crippen molar-refractivity contribution < 1.29 is 4.74 Å². The summed E-state index contributed by atoms with van der Waals surface area (Å²) in [6.07, 6.45) is 1.30. The van der Waals surface area contributed by atoms with Crippen molar-refractivity contribution in [1.29, 1.82) is 0 Å². The second kappa shape index (κ2) is 4.33. The van der Waals surface area contributed by atoms with Crippen LogP contribution in [0.3, 0.4) is 0 Å². The maximum atomic E-state index is 5.92. The molecule has 1 aliphatic heterocycles. The van der Waals surface area contributed by atoms with Gasteiger partial charge in [0.1, 0.15) is 0 Å². The van der Waals surface area contributed by atoms with Crippen LogP contribution in [0.5, 0.6) is 0 Å². The highest BCUT2D eigenvalue weighted by molar-refractivity contribution is 6.18. The zero-order valence-corrected chi connectivity index (χ0v) is 9.13. The Balaban J connectivity index is 2.26. The Kier molecular flexibility index (Phi) is 3.09. The van der Waals surface area contributed by atoms with Gasteiger partial charge < -0.3 is 4.74 Å². The first kappa shape index (κ1) is 10.0. The molecular formula is C12H15ClO. The molecule has 1 aliphatic rings. The Hall–Kier alpha value is -0.530. The predicted molar refractivity (Wildman–Crippen MR) is 58.7 cm³/mol. The Morgan fingerprint density at radius 2 is 2.21 bits per heavy atom. The molecule has 1 aromatic rings. The van der Waals surface area contributed by atoms with E-state index in [1.165, 1.54) is 11.1 Å². The third kappa shape index (κ3) is 1.79. The molecule has 76 valence electrons. The fraction of sp³-hybridized carbons (Fsp3) is 0.500. The lowest BCUT2D eigenvalue weighted by molar-refractivity contribution is 0.0946. The highest BCUT2D eigenvalue weighted by Gasteiger charge is 2.29. The minimum Gasteiger partial charge on any atom is -0.373 e. The number of hydrogen-bond acceptors (Lipinski definition) is 1. The van der Waals surface area contributed by atoms with Crippen LogP contribution in [0.25, 0.3) is 0 Å². The summed E-state index contributed by atoms with van der Waals surface area (Å²) < 4.78 is 5.74. The highest BCUT2D eigenvalue weighted by atomic mass is 35.5. The van der Waals surface area contributed by atoms with E-state index in [0.717, 1.165) is 13.0 Å². The van der Waals surface area contributed by atoms with Crippen molar-refractivity contribution >= 4 is 11.6 Å². The van der Waals surface area contributed by atoms with E-state index in [1.54, 1.807) is 0 Å². The van der Waals surface area contributed by atoms with Crippen LogP contribution in [0.15, 0.2) is 24.3 Å². The van der Waals surface area contributed by atoms with Gasteiger partial charge in [-0.15, -0.1) is 11.6 Å². The van der Waals surface area contributed by atoms with Crippen molar-refractivity contribution in [2.24, 2.45) is 5.92 Å². The van der Waals surface area contributed by atoms with Crippen LogP contribution in [0.1, 0.15) is 23.7 Å². The van der Waals surface area contributed by atoms with E-state index >= 15 is 0 Å². The van der Waals surface area contributed by atoms with Crippen molar-refractivity contribution in [2.45, 2.75) is 19.4 Å². The molecule has 0 aliphatic carbocycles. The van der Waals surface area contributed by atoms with Gasteiger partial charge >= 0.3 is 0 Å². The zero-order valence-electron chi connectivity index (χ0n) is 8.37. The monoisotopic (exact) mass is 210 g/mol. The molecule has 0 aromatic heterocycles. The molecule has 1 heterocycles. The van der Waals surface area contributed by atoms with Crippen LogP contribution < -0.4 is 0 Å². The van der Waals surface area contributed by atoms with Crippen LogP contribution in [0, 0.1) is 12.8 Å². The van der Waals surface area contributed by atoms with Crippen molar-refractivity contribution in [3.05, 3.63) is 35.4 Å². The number of benzene rings is 1. The maximum absolute atomic E-state index is 5.92. The lowest BCUT2D eigenvalue weighted by Gasteiger charge is -2.18. The van der Waals surface area contributed by atoms with Crippen LogP contribution >= 0.6 is 11.6 Å². The van der Waals surface area contributed by atoms with Gasteiger partial charge in [-0.25, -0.2) is 0 Å². The van der Waals surface area contributed by atoms with Gasteiger partial charge in [0, 0.05) is 18.4 Å². The van der Waals surface area contributed by atoms with Gasteiger partial charge in [-0.2, -0.15) is 0 Å². The predicted octanol–water partition coefficient (Wildman–Crippen LogP) is 3.31. The van der Waals surface area contributed by atoms with Gasteiger partial charge in [0.15, 0.2) is 0 Å². The van der Waals surface area contributed by atoms with Gasteiger partial charge in [0.05, 0.1) is 6.10 Å². The fourth-order valence-electron chi connectivity index (χ4n) is 2.04. The third-order valence-electron chi connectivity index (χ3n) is 2.91. The molecule has 0 radical (unpaired) electrons. The van der Waals surface area contributed by atoms with E-state index in [2.05, 4.69) is 31.2 Å². The van der Waals surface area contributed by atoms with Crippen molar-refractivity contribution in [1.82, 2.24) is 0 Å². The third-order valence-corrected chi connectivity index (χ3v) is 3.30. The molecule has 2 unspecified atom stereocenters. The highest BCUT2D eigenvalue weighted by Crippen LogP contribution is 2.36. The molecule has 2 atom stereocenters. The quantitative estimate of drug-likeness (QED) is 0.681. The van der Waals surface area contributed by atoms with E-state index < -0.39 is 0 Å². The number of halogens is 1. The summed E-state index contributed by atoms with van der Waals surface area (Å²) in [6, 6.07) is 8.39. The second-order valence-corrected chi connectivity index (χ2v) is 4.16. The van der Waals surface area contributed by atoms with E-state index in [0.29, 0.717) is 11.8 Å². The molecule has 1 aromatic carbocycles. The molecule has 0 amide bonds. The topological polar surface area (TPSA) is 9.23 Å². The summed E-state index contributed by atoms with van der Waals surface area (Å²) in [5, 5.41) is 0. The summed E-state index contributed by atoms with van der Waals surface area (Å²) in [5.41, 5.74) is 2.60. The number of hydrogen-bond donors (Lipinski definition) is 0. The molecule has 0 spiro atoms. The summed E-state index contributed by atoms with van der Waals surface area (Å²) >= 11 is 5.92. The molecule has 2 rings (SSSR count). The molecule has 1 saturated heterocycles. The first-order chi connectivity index (χ1) is 6.83. The molecule has 0 bridgehead atoms. The van der Waals surface area contributed by atoms with E-state index in [1.807, 2.05) is 0 Å². The average molecular weight is 211 g/mol. The Morgan fingerprint density at radius 3 is 2.93 bits per heavy atom. The van der Waals surface area contributed by atoms with Crippen molar-refractivity contribution in [3.8, 4) is 0 Å². The first-order valence-corrected chi connectivity index (χ1v) is 5.59. The number of alkyl halides is 1. The molecular weight excluding hydrogens is 196 g/mol. The molecule has 2 heteroatoms. The lowest BCUT2D eigenvalue weighted by Crippen LogP contribution is -2.10. The van der Waals surface area contributed by atoms with Crippen molar-refractivity contribution in [2.75, 3.05) is 12.5 Å². The van der Waals surface area contributed by atoms with Crippen LogP contribution in [-0.4, -0.2) is 12.5 Å². The van der Waals surface area contributed by atoms with E-state index in [-0.39, 0.29) is 6.10 Å². The van der Waals surface area contributed by atoms with Gasteiger partial charge in [-0.3, -0.25) is 0 Å². The summed E-state index contributed by atoms with van der Waals surface area (Å²) in [4.78, 5) is 0.